The second-order valence-corrected chi connectivity index (χ2v) is 4.75. The van der Waals surface area contributed by atoms with Crippen molar-refractivity contribution in [3.8, 4) is 0 Å². The molecule has 0 aliphatic heterocycles. The van der Waals surface area contributed by atoms with Crippen molar-refractivity contribution in [2.45, 2.75) is 45.4 Å². The predicted molar refractivity (Wildman–Crippen MR) is 67.1 cm³/mol. The van der Waals surface area contributed by atoms with E-state index in [1.165, 1.54) is 6.42 Å². The van der Waals surface area contributed by atoms with Gasteiger partial charge in [-0.05, 0) is 37.0 Å². The molecule has 1 fully saturated rings. The molecule has 1 rings (SSSR count). The normalized spacial score (nSPS) is 18.9. The first-order chi connectivity index (χ1) is 8.22. The molecule has 0 unspecified atom stereocenters. The molecule has 5 nitrogen and oxygen atoms in total. The summed E-state index contributed by atoms with van der Waals surface area (Å²) in [5, 5.41) is 0. The van der Waals surface area contributed by atoms with Crippen molar-refractivity contribution in [3.05, 3.63) is 5.43 Å². The van der Waals surface area contributed by atoms with Crippen LogP contribution in [-0.4, -0.2) is 19.1 Å². The van der Waals surface area contributed by atoms with Gasteiger partial charge in [0.25, 0.3) is 0 Å². The number of nitrogens with zero attached hydrogens (tertiary/aromatic N) is 1. The minimum absolute atomic E-state index is 0.0504. The van der Waals surface area contributed by atoms with E-state index < -0.39 is 0 Å². The van der Waals surface area contributed by atoms with Crippen molar-refractivity contribution >= 4 is 17.7 Å². The zero-order valence-corrected chi connectivity index (χ0v) is 11.1. The highest BCUT2D eigenvalue weighted by Gasteiger charge is 2.31. The molecular formula is C11H21ClN3O2-. The van der Waals surface area contributed by atoms with Gasteiger partial charge in [0.05, 0.1) is 6.61 Å². The fourth-order valence-electron chi connectivity index (χ4n) is 2.45. The fraction of sp³-hybridized carbons (Fsp3) is 0.909. The fourth-order valence-corrected chi connectivity index (χ4v) is 2.51. The smallest absolute Gasteiger partial charge is 0.306 e. The van der Waals surface area contributed by atoms with Crippen LogP contribution in [0.15, 0.2) is 0 Å². The Labute approximate surface area is 108 Å². The Hall–Kier alpha value is -0.360. The van der Waals surface area contributed by atoms with E-state index in [2.05, 4.69) is 15.9 Å². The molecule has 1 saturated carbocycles. The van der Waals surface area contributed by atoms with Gasteiger partial charge in [0.15, 0.2) is 0 Å². The average molecular weight is 263 g/mol. The van der Waals surface area contributed by atoms with Gasteiger partial charge in [0, 0.05) is 6.42 Å². The Morgan fingerprint density at radius 3 is 2.71 bits per heavy atom. The molecule has 0 aromatic heterocycles. The van der Waals surface area contributed by atoms with Crippen LogP contribution in [0.2, 0.25) is 0 Å². The summed E-state index contributed by atoms with van der Waals surface area (Å²) in [4.78, 5) is 13.9. The van der Waals surface area contributed by atoms with E-state index in [1.54, 1.807) is 0 Å². The largest absolute Gasteiger partial charge is 0.581 e. The zero-order valence-electron chi connectivity index (χ0n) is 10.3. The number of carbonyl (C=O) groups is 1. The molecule has 0 atom stereocenters. The standard InChI is InChI=1S/C11H21ClN3O2/c1-2-17-10(16)8-11(9-13-15-14-12)6-4-3-5-7-11/h14-15H,2-9H2,1H3/q-1. The molecule has 0 radical (unpaired) electrons. The molecule has 0 aromatic carbocycles. The van der Waals surface area contributed by atoms with Gasteiger partial charge in [-0.15, -0.1) is 6.54 Å². The van der Waals surface area contributed by atoms with Crippen LogP contribution in [-0.2, 0) is 9.53 Å². The van der Waals surface area contributed by atoms with Gasteiger partial charge in [-0.3, -0.25) is 4.79 Å². The first-order valence-corrected chi connectivity index (χ1v) is 6.53. The maximum atomic E-state index is 11.6. The monoisotopic (exact) mass is 262 g/mol. The summed E-state index contributed by atoms with van der Waals surface area (Å²) >= 11 is 5.27. The van der Waals surface area contributed by atoms with Crippen molar-refractivity contribution < 1.29 is 9.53 Å². The highest BCUT2D eigenvalue weighted by molar-refractivity contribution is 6.13. The predicted octanol–water partition coefficient (Wildman–Crippen LogP) is 2.43. The lowest BCUT2D eigenvalue weighted by molar-refractivity contribution is -0.146. The van der Waals surface area contributed by atoms with Gasteiger partial charge in [0.2, 0.25) is 0 Å². The highest BCUT2D eigenvalue weighted by atomic mass is 35.5. The Morgan fingerprint density at radius 2 is 2.12 bits per heavy atom. The zero-order chi connectivity index (χ0) is 12.6. The lowest BCUT2D eigenvalue weighted by atomic mass is 9.72. The molecule has 0 spiro atoms. The van der Waals surface area contributed by atoms with Gasteiger partial charge in [-0.25, -0.2) is 0 Å². The van der Waals surface area contributed by atoms with E-state index in [9.17, 15) is 4.79 Å². The lowest BCUT2D eigenvalue weighted by Crippen LogP contribution is -2.34. The van der Waals surface area contributed by atoms with Crippen molar-refractivity contribution in [3.63, 3.8) is 0 Å². The van der Waals surface area contributed by atoms with Gasteiger partial charge >= 0.3 is 5.97 Å². The van der Waals surface area contributed by atoms with Crippen LogP contribution in [0.25, 0.3) is 5.43 Å². The summed E-state index contributed by atoms with van der Waals surface area (Å²) < 4.78 is 5.03. The first-order valence-electron chi connectivity index (χ1n) is 6.15. The van der Waals surface area contributed by atoms with Crippen LogP contribution in [0, 0.1) is 5.41 Å². The summed E-state index contributed by atoms with van der Waals surface area (Å²) in [6.45, 7) is 2.86. The summed E-state index contributed by atoms with van der Waals surface area (Å²) in [5.41, 5.74) is 6.56. The number of rotatable bonds is 7. The third-order valence-electron chi connectivity index (χ3n) is 3.27. The SMILES string of the molecule is CCOC(=O)CC1(C[N-]NNCl)CCCCC1. The second-order valence-electron chi connectivity index (χ2n) is 4.56. The van der Waals surface area contributed by atoms with E-state index in [1.807, 2.05) is 6.92 Å². The molecule has 0 bridgehead atoms. The van der Waals surface area contributed by atoms with Crippen LogP contribution in [0.1, 0.15) is 45.4 Å². The number of hydrogen-bond acceptors (Lipinski definition) is 4. The van der Waals surface area contributed by atoms with Gasteiger partial charge < -0.3 is 15.7 Å². The summed E-state index contributed by atoms with van der Waals surface area (Å²) in [6.07, 6.45) is 6.06. The van der Waals surface area contributed by atoms with Crippen molar-refractivity contribution in [1.82, 2.24) is 10.5 Å². The number of hydrazine groups is 1. The van der Waals surface area contributed by atoms with Crippen LogP contribution < -0.4 is 10.5 Å². The quantitative estimate of drug-likeness (QED) is 0.320. The maximum absolute atomic E-state index is 11.6. The van der Waals surface area contributed by atoms with E-state index in [4.69, 9.17) is 16.5 Å². The third-order valence-corrected chi connectivity index (χ3v) is 3.36. The van der Waals surface area contributed by atoms with Crippen molar-refractivity contribution in [1.29, 1.82) is 0 Å². The van der Waals surface area contributed by atoms with Crippen LogP contribution in [0.3, 0.4) is 0 Å². The number of ether oxygens (including phenoxy) is 1. The number of hydrogen-bond donors (Lipinski definition) is 2. The topological polar surface area (TPSA) is 64.5 Å². The Kier molecular flexibility index (Phi) is 6.80. The van der Waals surface area contributed by atoms with Gasteiger partial charge in [-0.1, -0.05) is 19.3 Å². The highest BCUT2D eigenvalue weighted by Crippen LogP contribution is 2.40. The molecule has 17 heavy (non-hydrogen) atoms. The molecule has 2 N–H and O–H groups in total. The molecule has 0 heterocycles. The summed E-state index contributed by atoms with van der Waals surface area (Å²) in [5.74, 6) is -0.122. The van der Waals surface area contributed by atoms with Gasteiger partial charge in [0.1, 0.15) is 0 Å². The Bertz CT molecular complexity index is 233. The molecule has 6 heteroatoms. The molecule has 0 aromatic rings. The molecular weight excluding hydrogens is 242 g/mol. The third kappa shape index (κ3) is 5.21. The van der Waals surface area contributed by atoms with Crippen LogP contribution in [0.4, 0.5) is 0 Å². The van der Waals surface area contributed by atoms with Crippen molar-refractivity contribution in [2.24, 2.45) is 5.41 Å². The van der Waals surface area contributed by atoms with E-state index in [0.29, 0.717) is 19.6 Å². The molecule has 100 valence electrons. The van der Waals surface area contributed by atoms with Crippen LogP contribution >= 0.6 is 11.8 Å². The Balaban J connectivity index is 2.48. The minimum Gasteiger partial charge on any atom is -0.581 e. The van der Waals surface area contributed by atoms with E-state index in [0.717, 1.165) is 25.7 Å². The summed E-state index contributed by atoms with van der Waals surface area (Å²) in [7, 11) is 0. The minimum atomic E-state index is -0.122. The maximum Gasteiger partial charge on any atom is 0.306 e. The number of nitrogens with one attached hydrogen (secondary N) is 2. The van der Waals surface area contributed by atoms with Crippen LogP contribution in [0.5, 0.6) is 0 Å². The average Bonchev–Trinajstić information content (AvgIpc) is 2.30. The molecule has 1 aliphatic rings. The number of carbonyl (C=O) groups excluding carboxylic acids is 1. The molecule has 0 amide bonds. The lowest BCUT2D eigenvalue weighted by Gasteiger charge is -2.42. The second kappa shape index (κ2) is 7.87. The number of halogens is 1. The first kappa shape index (κ1) is 14.7. The molecule has 1 aliphatic carbocycles. The number of esters is 1. The molecule has 0 saturated heterocycles. The van der Waals surface area contributed by atoms with E-state index in [-0.39, 0.29) is 11.4 Å². The van der Waals surface area contributed by atoms with E-state index >= 15 is 0 Å². The summed E-state index contributed by atoms with van der Waals surface area (Å²) in [6, 6.07) is 0. The van der Waals surface area contributed by atoms with Crippen molar-refractivity contribution in [2.75, 3.05) is 13.2 Å². The van der Waals surface area contributed by atoms with Gasteiger partial charge in [-0.2, -0.15) is 4.94 Å². The Morgan fingerprint density at radius 1 is 1.41 bits per heavy atom.